The molecule has 2 nitrogen and oxygen atoms in total. The van der Waals surface area contributed by atoms with E-state index < -0.39 is 6.17 Å². The SMILES string of the molecule is CNC1CCN(Sc2ccc(F)cc2)C[C@@H]1F. The molecule has 5 heteroatoms. The smallest absolute Gasteiger partial charge is 0.129 e. The molecule has 0 bridgehead atoms. The minimum absolute atomic E-state index is 0.0416. The van der Waals surface area contributed by atoms with Crippen molar-refractivity contribution in [2.75, 3.05) is 20.1 Å². The Morgan fingerprint density at radius 3 is 2.65 bits per heavy atom. The van der Waals surface area contributed by atoms with Gasteiger partial charge in [-0.25, -0.2) is 13.1 Å². The van der Waals surface area contributed by atoms with Crippen LogP contribution in [0, 0.1) is 5.82 Å². The molecule has 1 fully saturated rings. The minimum atomic E-state index is -0.846. The van der Waals surface area contributed by atoms with Crippen molar-refractivity contribution in [3.63, 3.8) is 0 Å². The lowest BCUT2D eigenvalue weighted by molar-refractivity contribution is 0.167. The lowest BCUT2D eigenvalue weighted by atomic mass is 10.1. The van der Waals surface area contributed by atoms with Gasteiger partial charge in [0.25, 0.3) is 0 Å². The molecule has 2 atom stereocenters. The Balaban J connectivity index is 1.90. The lowest BCUT2D eigenvalue weighted by Crippen LogP contribution is -2.47. The van der Waals surface area contributed by atoms with Crippen LogP contribution < -0.4 is 5.32 Å². The van der Waals surface area contributed by atoms with Crippen molar-refractivity contribution in [3.05, 3.63) is 30.1 Å². The van der Waals surface area contributed by atoms with E-state index in [9.17, 15) is 8.78 Å². The number of nitrogens with zero attached hydrogens (tertiary/aromatic N) is 1. The highest BCUT2D eigenvalue weighted by Crippen LogP contribution is 2.27. The zero-order chi connectivity index (χ0) is 12.3. The van der Waals surface area contributed by atoms with Crippen molar-refractivity contribution in [1.82, 2.24) is 9.62 Å². The summed E-state index contributed by atoms with van der Waals surface area (Å²) in [5.74, 6) is -0.244. The summed E-state index contributed by atoms with van der Waals surface area (Å²) in [7, 11) is 1.79. The van der Waals surface area contributed by atoms with E-state index >= 15 is 0 Å². The first-order valence-electron chi connectivity index (χ1n) is 5.69. The number of rotatable bonds is 3. The van der Waals surface area contributed by atoms with Crippen molar-refractivity contribution >= 4 is 11.9 Å². The van der Waals surface area contributed by atoms with Gasteiger partial charge in [-0.3, -0.25) is 0 Å². The molecule has 0 spiro atoms. The summed E-state index contributed by atoms with van der Waals surface area (Å²) in [5.41, 5.74) is 0. The highest BCUT2D eigenvalue weighted by molar-refractivity contribution is 7.97. The second-order valence-electron chi connectivity index (χ2n) is 4.13. The molecule has 1 aromatic carbocycles. The van der Waals surface area contributed by atoms with Gasteiger partial charge in [-0.15, -0.1) is 0 Å². The average Bonchev–Trinajstić information content (AvgIpc) is 2.32. The van der Waals surface area contributed by atoms with Crippen LogP contribution in [0.2, 0.25) is 0 Å². The Morgan fingerprint density at radius 1 is 1.35 bits per heavy atom. The topological polar surface area (TPSA) is 15.3 Å². The number of alkyl halides is 1. The molecule has 1 aliphatic heterocycles. The third-order valence-corrected chi connectivity index (χ3v) is 4.00. The summed E-state index contributed by atoms with van der Waals surface area (Å²) in [4.78, 5) is 0.946. The zero-order valence-electron chi connectivity index (χ0n) is 9.70. The quantitative estimate of drug-likeness (QED) is 0.838. The molecule has 1 aromatic rings. The Morgan fingerprint density at radius 2 is 2.06 bits per heavy atom. The van der Waals surface area contributed by atoms with E-state index in [4.69, 9.17) is 0 Å². The van der Waals surface area contributed by atoms with Gasteiger partial charge < -0.3 is 5.32 Å². The molecule has 0 radical (unpaired) electrons. The summed E-state index contributed by atoms with van der Waals surface area (Å²) in [6.45, 7) is 1.25. The van der Waals surface area contributed by atoms with Gasteiger partial charge in [-0.1, -0.05) is 0 Å². The first-order chi connectivity index (χ1) is 8.19. The van der Waals surface area contributed by atoms with Gasteiger partial charge in [0.1, 0.15) is 12.0 Å². The van der Waals surface area contributed by atoms with E-state index in [1.54, 1.807) is 19.2 Å². The summed E-state index contributed by atoms with van der Waals surface area (Å²) >= 11 is 1.49. The Bertz CT molecular complexity index is 358. The van der Waals surface area contributed by atoms with E-state index in [1.807, 2.05) is 4.31 Å². The Labute approximate surface area is 105 Å². The molecule has 1 heterocycles. The molecule has 0 saturated carbocycles. The van der Waals surface area contributed by atoms with Crippen molar-refractivity contribution in [2.45, 2.75) is 23.5 Å². The Hall–Kier alpha value is -0.650. The van der Waals surface area contributed by atoms with Crippen LogP contribution in [-0.2, 0) is 0 Å². The second kappa shape index (κ2) is 5.80. The van der Waals surface area contributed by atoms with Gasteiger partial charge in [0.05, 0.1) is 0 Å². The Kier molecular flexibility index (Phi) is 4.36. The maximum absolute atomic E-state index is 13.7. The molecule has 0 amide bonds. The van der Waals surface area contributed by atoms with Crippen molar-refractivity contribution in [3.8, 4) is 0 Å². The van der Waals surface area contributed by atoms with Crippen LogP contribution >= 0.6 is 11.9 Å². The monoisotopic (exact) mass is 258 g/mol. The molecule has 94 valence electrons. The number of piperidine rings is 1. The number of halogens is 2. The van der Waals surface area contributed by atoms with Crippen LogP contribution in [0.4, 0.5) is 8.78 Å². The molecule has 1 saturated heterocycles. The van der Waals surface area contributed by atoms with E-state index in [0.717, 1.165) is 17.9 Å². The van der Waals surface area contributed by atoms with Crippen LogP contribution in [0.5, 0.6) is 0 Å². The van der Waals surface area contributed by atoms with Gasteiger partial charge in [-0.2, -0.15) is 0 Å². The highest BCUT2D eigenvalue weighted by atomic mass is 32.2. The van der Waals surface area contributed by atoms with Gasteiger partial charge in [0, 0.05) is 24.0 Å². The predicted molar refractivity (Wildman–Crippen MR) is 66.2 cm³/mol. The first kappa shape index (κ1) is 12.8. The number of nitrogens with one attached hydrogen (secondary N) is 1. The molecular formula is C12H16F2N2S. The summed E-state index contributed by atoms with van der Waals surface area (Å²) < 4.78 is 28.4. The van der Waals surface area contributed by atoms with Crippen LogP contribution in [0.3, 0.4) is 0 Å². The van der Waals surface area contributed by atoms with Gasteiger partial charge in [-0.05, 0) is 49.7 Å². The molecule has 0 aliphatic carbocycles. The van der Waals surface area contributed by atoms with Crippen LogP contribution in [0.1, 0.15) is 6.42 Å². The van der Waals surface area contributed by atoms with Gasteiger partial charge in [0.15, 0.2) is 0 Å². The largest absolute Gasteiger partial charge is 0.314 e. The van der Waals surface area contributed by atoms with Crippen molar-refractivity contribution in [2.24, 2.45) is 0 Å². The number of benzene rings is 1. The third-order valence-electron chi connectivity index (χ3n) is 2.92. The third kappa shape index (κ3) is 3.40. The van der Waals surface area contributed by atoms with Crippen LogP contribution in [-0.4, -0.2) is 36.7 Å². The van der Waals surface area contributed by atoms with E-state index in [1.165, 1.54) is 24.1 Å². The summed E-state index contributed by atoms with van der Waals surface area (Å²) in [5, 5.41) is 2.99. The van der Waals surface area contributed by atoms with Gasteiger partial charge >= 0.3 is 0 Å². The normalized spacial score (nSPS) is 26.1. The fourth-order valence-electron chi connectivity index (χ4n) is 1.93. The van der Waals surface area contributed by atoms with Crippen molar-refractivity contribution in [1.29, 1.82) is 0 Å². The minimum Gasteiger partial charge on any atom is -0.314 e. The van der Waals surface area contributed by atoms with Crippen LogP contribution in [0.25, 0.3) is 0 Å². The maximum Gasteiger partial charge on any atom is 0.129 e. The van der Waals surface area contributed by atoms with Crippen LogP contribution in [0.15, 0.2) is 29.2 Å². The first-order valence-corrected chi connectivity index (χ1v) is 6.46. The lowest BCUT2D eigenvalue weighted by Gasteiger charge is -2.33. The number of hydrogen-bond donors (Lipinski definition) is 1. The number of hydrogen-bond acceptors (Lipinski definition) is 3. The van der Waals surface area contributed by atoms with E-state index in [2.05, 4.69) is 5.32 Å². The summed E-state index contributed by atoms with van der Waals surface area (Å²) in [6.07, 6.45) is -0.0482. The molecular weight excluding hydrogens is 242 g/mol. The summed E-state index contributed by atoms with van der Waals surface area (Å²) in [6, 6.07) is 6.25. The molecule has 1 aliphatic rings. The standard InChI is InChI=1S/C12H16F2N2S/c1-15-12-6-7-16(8-11(12)14)17-10-4-2-9(13)3-5-10/h2-5,11-12,15H,6-8H2,1H3/t11-,12?/m0/s1. The van der Waals surface area contributed by atoms with E-state index in [-0.39, 0.29) is 11.9 Å². The molecule has 17 heavy (non-hydrogen) atoms. The predicted octanol–water partition coefficient (Wildman–Crippen LogP) is 2.46. The zero-order valence-corrected chi connectivity index (χ0v) is 10.5. The second-order valence-corrected chi connectivity index (χ2v) is 5.30. The van der Waals surface area contributed by atoms with E-state index in [0.29, 0.717) is 6.54 Å². The fourth-order valence-corrected chi connectivity index (χ4v) is 2.90. The molecule has 1 unspecified atom stereocenters. The van der Waals surface area contributed by atoms with Gasteiger partial charge in [0.2, 0.25) is 0 Å². The molecule has 0 aromatic heterocycles. The molecule has 1 N–H and O–H groups in total. The fraction of sp³-hybridized carbons (Fsp3) is 0.500. The van der Waals surface area contributed by atoms with Crippen molar-refractivity contribution < 1.29 is 8.78 Å². The highest BCUT2D eigenvalue weighted by Gasteiger charge is 2.28. The maximum atomic E-state index is 13.7. The molecule has 2 rings (SSSR count). The average molecular weight is 258 g/mol.